The third kappa shape index (κ3) is 4.28. The lowest BCUT2D eigenvalue weighted by Gasteiger charge is -2.36. The minimum absolute atomic E-state index is 0.151. The van der Waals surface area contributed by atoms with Gasteiger partial charge in [-0.2, -0.15) is 13.2 Å². The van der Waals surface area contributed by atoms with Gasteiger partial charge in [0.05, 0.1) is 5.56 Å². The van der Waals surface area contributed by atoms with E-state index < -0.39 is 34.9 Å². The molecule has 1 saturated heterocycles. The Morgan fingerprint density at radius 2 is 1.92 bits per heavy atom. The minimum Gasteiger partial charge on any atom is -0.479 e. The van der Waals surface area contributed by atoms with Crippen LogP contribution in [0.1, 0.15) is 44.7 Å². The number of carbonyl (C=O) groups is 2. The summed E-state index contributed by atoms with van der Waals surface area (Å²) in [6.45, 7) is 5.17. The summed E-state index contributed by atoms with van der Waals surface area (Å²) in [4.78, 5) is 25.6. The second-order valence-corrected chi connectivity index (χ2v) is 7.45. The van der Waals surface area contributed by atoms with Gasteiger partial charge in [0.25, 0.3) is 0 Å². The van der Waals surface area contributed by atoms with Crippen LogP contribution in [0.5, 0.6) is 0 Å². The summed E-state index contributed by atoms with van der Waals surface area (Å²) < 4.78 is 44.1. The third-order valence-corrected chi connectivity index (χ3v) is 4.25. The number of rotatable bonds is 3. The molecule has 0 aromatic heterocycles. The van der Waals surface area contributed by atoms with E-state index in [1.807, 2.05) is 0 Å². The molecule has 1 atom stereocenters. The van der Waals surface area contributed by atoms with Gasteiger partial charge in [-0.1, -0.05) is 18.2 Å². The highest BCUT2D eigenvalue weighted by molar-refractivity contribution is 5.85. The van der Waals surface area contributed by atoms with Crippen molar-refractivity contribution in [2.24, 2.45) is 0 Å². The molecule has 1 amide bonds. The Morgan fingerprint density at radius 1 is 1.27 bits per heavy atom. The molecule has 0 aliphatic carbocycles. The Hall–Kier alpha value is -2.25. The van der Waals surface area contributed by atoms with Gasteiger partial charge in [0.1, 0.15) is 11.1 Å². The van der Waals surface area contributed by atoms with Crippen LogP contribution in [0, 0.1) is 0 Å². The maximum absolute atomic E-state index is 12.9. The number of carboxylic acids is 1. The fourth-order valence-corrected chi connectivity index (χ4v) is 3.14. The summed E-state index contributed by atoms with van der Waals surface area (Å²) in [7, 11) is 0. The molecule has 1 aliphatic rings. The average Bonchev–Trinajstić information content (AvgIpc) is 2.90. The fraction of sp³-hybridized carbons (Fsp3) is 0.556. The van der Waals surface area contributed by atoms with E-state index in [9.17, 15) is 27.9 Å². The van der Waals surface area contributed by atoms with Crippen molar-refractivity contribution in [3.8, 4) is 0 Å². The van der Waals surface area contributed by atoms with Gasteiger partial charge >= 0.3 is 18.2 Å². The SMILES string of the molecule is CC(C)(C)OC(=O)N1CCCC1(Cc1cccc(C(F)(F)F)c1)C(=O)O. The van der Waals surface area contributed by atoms with E-state index in [0.717, 1.165) is 17.0 Å². The maximum atomic E-state index is 12.9. The van der Waals surface area contributed by atoms with Gasteiger partial charge in [-0.05, 0) is 45.2 Å². The molecule has 8 heteroatoms. The number of carbonyl (C=O) groups excluding carboxylic acids is 1. The number of ether oxygens (including phenoxy) is 1. The number of benzene rings is 1. The monoisotopic (exact) mass is 373 g/mol. The number of amides is 1. The molecule has 2 rings (SSSR count). The molecule has 1 N–H and O–H groups in total. The lowest BCUT2D eigenvalue weighted by atomic mass is 9.87. The molecular formula is C18H22F3NO4. The van der Waals surface area contributed by atoms with E-state index >= 15 is 0 Å². The number of aliphatic carboxylic acids is 1. The minimum atomic E-state index is -4.52. The van der Waals surface area contributed by atoms with Crippen LogP contribution >= 0.6 is 0 Å². The van der Waals surface area contributed by atoms with Crippen LogP contribution in [0.15, 0.2) is 24.3 Å². The Bertz CT molecular complexity index is 696. The van der Waals surface area contributed by atoms with Crippen LogP contribution < -0.4 is 0 Å². The highest BCUT2D eigenvalue weighted by Crippen LogP contribution is 2.36. The quantitative estimate of drug-likeness (QED) is 0.866. The highest BCUT2D eigenvalue weighted by atomic mass is 19.4. The first kappa shape index (κ1) is 20.1. The Labute approximate surface area is 149 Å². The first-order valence-corrected chi connectivity index (χ1v) is 8.25. The van der Waals surface area contributed by atoms with Crippen LogP contribution in [-0.4, -0.2) is 39.8 Å². The number of likely N-dealkylation sites (tertiary alicyclic amines) is 1. The number of nitrogens with zero attached hydrogens (tertiary/aromatic N) is 1. The van der Waals surface area contributed by atoms with Gasteiger partial charge in [-0.15, -0.1) is 0 Å². The zero-order chi connectivity index (χ0) is 19.8. The van der Waals surface area contributed by atoms with Crippen LogP contribution in [0.2, 0.25) is 0 Å². The van der Waals surface area contributed by atoms with E-state index in [0.29, 0.717) is 6.42 Å². The standard InChI is InChI=1S/C18H22F3NO4/c1-16(2,3)26-15(25)22-9-5-8-17(22,14(23)24)11-12-6-4-7-13(10-12)18(19,20)21/h4,6-7,10H,5,8-9,11H2,1-3H3,(H,23,24). The number of halogens is 3. The van der Waals surface area contributed by atoms with Gasteiger partial charge in [0.15, 0.2) is 0 Å². The molecule has 0 radical (unpaired) electrons. The molecule has 5 nitrogen and oxygen atoms in total. The van der Waals surface area contributed by atoms with Crippen LogP contribution in [0.3, 0.4) is 0 Å². The van der Waals surface area contributed by atoms with Crippen molar-refractivity contribution in [1.29, 1.82) is 0 Å². The van der Waals surface area contributed by atoms with E-state index in [1.54, 1.807) is 20.8 Å². The largest absolute Gasteiger partial charge is 0.479 e. The lowest BCUT2D eigenvalue weighted by Crippen LogP contribution is -2.55. The van der Waals surface area contributed by atoms with Gasteiger partial charge < -0.3 is 9.84 Å². The van der Waals surface area contributed by atoms with Crippen molar-refractivity contribution in [2.45, 2.75) is 57.3 Å². The predicted molar refractivity (Wildman–Crippen MR) is 87.7 cm³/mol. The topological polar surface area (TPSA) is 66.8 Å². The summed E-state index contributed by atoms with van der Waals surface area (Å²) >= 11 is 0. The van der Waals surface area contributed by atoms with Crippen molar-refractivity contribution in [3.05, 3.63) is 35.4 Å². The highest BCUT2D eigenvalue weighted by Gasteiger charge is 2.51. The van der Waals surface area contributed by atoms with E-state index in [4.69, 9.17) is 4.74 Å². The molecule has 1 unspecified atom stereocenters. The normalized spacial score (nSPS) is 20.9. The second-order valence-electron chi connectivity index (χ2n) is 7.45. The Morgan fingerprint density at radius 3 is 2.46 bits per heavy atom. The van der Waals surface area contributed by atoms with Crippen LogP contribution in [-0.2, 0) is 22.1 Å². The van der Waals surface area contributed by atoms with E-state index in [-0.39, 0.29) is 24.9 Å². The Balaban J connectivity index is 2.35. The average molecular weight is 373 g/mol. The van der Waals surface area contributed by atoms with E-state index in [1.165, 1.54) is 12.1 Å². The van der Waals surface area contributed by atoms with Gasteiger partial charge in [-0.25, -0.2) is 9.59 Å². The fourth-order valence-electron chi connectivity index (χ4n) is 3.14. The summed E-state index contributed by atoms with van der Waals surface area (Å²) in [5, 5.41) is 9.80. The molecule has 144 valence electrons. The van der Waals surface area contributed by atoms with Crippen molar-refractivity contribution in [2.75, 3.05) is 6.54 Å². The van der Waals surface area contributed by atoms with Crippen molar-refractivity contribution in [1.82, 2.24) is 4.90 Å². The zero-order valence-electron chi connectivity index (χ0n) is 14.9. The molecule has 1 aliphatic heterocycles. The molecule has 1 fully saturated rings. The van der Waals surface area contributed by atoms with Crippen molar-refractivity contribution in [3.63, 3.8) is 0 Å². The van der Waals surface area contributed by atoms with Crippen LogP contribution in [0.25, 0.3) is 0 Å². The summed E-state index contributed by atoms with van der Waals surface area (Å²) in [6.07, 6.45) is -4.93. The van der Waals surface area contributed by atoms with Crippen molar-refractivity contribution < 1.29 is 32.6 Å². The van der Waals surface area contributed by atoms with Gasteiger partial charge in [0, 0.05) is 13.0 Å². The molecular weight excluding hydrogens is 351 g/mol. The number of hydrogen-bond donors (Lipinski definition) is 1. The van der Waals surface area contributed by atoms with Gasteiger partial charge in [0.2, 0.25) is 0 Å². The number of alkyl halides is 3. The molecule has 1 aromatic carbocycles. The molecule has 1 aromatic rings. The summed E-state index contributed by atoms with van der Waals surface area (Å²) in [5.41, 5.74) is -3.07. The first-order valence-electron chi connectivity index (χ1n) is 8.25. The number of carboxylic acid groups (broad SMARTS) is 1. The maximum Gasteiger partial charge on any atom is 0.416 e. The predicted octanol–water partition coefficient (Wildman–Crippen LogP) is 4.10. The first-order chi connectivity index (χ1) is 11.8. The number of hydrogen-bond acceptors (Lipinski definition) is 3. The zero-order valence-corrected chi connectivity index (χ0v) is 14.9. The van der Waals surface area contributed by atoms with Gasteiger partial charge in [-0.3, -0.25) is 4.90 Å². The second kappa shape index (κ2) is 6.81. The molecule has 0 spiro atoms. The molecule has 1 heterocycles. The Kier molecular flexibility index (Phi) is 5.26. The third-order valence-electron chi connectivity index (χ3n) is 4.25. The molecule has 0 saturated carbocycles. The van der Waals surface area contributed by atoms with Crippen LogP contribution in [0.4, 0.5) is 18.0 Å². The summed E-state index contributed by atoms with van der Waals surface area (Å²) in [6, 6.07) is 4.53. The van der Waals surface area contributed by atoms with E-state index in [2.05, 4.69) is 0 Å². The summed E-state index contributed by atoms with van der Waals surface area (Å²) in [5.74, 6) is -1.25. The smallest absolute Gasteiger partial charge is 0.416 e. The molecule has 0 bridgehead atoms. The molecule has 26 heavy (non-hydrogen) atoms. The van der Waals surface area contributed by atoms with Crippen molar-refractivity contribution >= 4 is 12.1 Å². The lowest BCUT2D eigenvalue weighted by molar-refractivity contribution is -0.149.